The molecular weight excluding hydrogens is 778 g/mol. The van der Waals surface area contributed by atoms with Gasteiger partial charge in [0.1, 0.15) is 0 Å². The summed E-state index contributed by atoms with van der Waals surface area (Å²) in [6, 6.07) is 5.36. The minimum atomic E-state index is -0.941. The van der Waals surface area contributed by atoms with Gasteiger partial charge in [0.05, 0.1) is 37.0 Å². The molecule has 0 saturated carbocycles. The summed E-state index contributed by atoms with van der Waals surface area (Å²) in [6.45, 7) is 15.2. The zero-order valence-corrected chi connectivity index (χ0v) is 34.7. The Morgan fingerprint density at radius 1 is 0.556 bits per heavy atom. The molecule has 4 saturated heterocycles. The molecule has 4 aliphatic rings. The van der Waals surface area contributed by atoms with E-state index in [2.05, 4.69) is 61.9 Å². The van der Waals surface area contributed by atoms with Gasteiger partial charge >= 0.3 is 45.4 Å². The van der Waals surface area contributed by atoms with Crippen LogP contribution in [0.5, 0.6) is 23.0 Å². The average molecular weight is 835 g/mol. The molecule has 4 N–H and O–H groups in total. The smallest absolute Gasteiger partial charge is 0.504 e. The van der Waals surface area contributed by atoms with Crippen molar-refractivity contribution in [3.05, 3.63) is 45.1 Å². The van der Waals surface area contributed by atoms with Crippen molar-refractivity contribution in [1.82, 2.24) is 19.6 Å². The van der Waals surface area contributed by atoms with Crippen LogP contribution in [0.4, 0.5) is 0 Å². The van der Waals surface area contributed by atoms with Gasteiger partial charge in [-0.25, -0.2) is 9.59 Å². The quantitative estimate of drug-likeness (QED) is 0.0515. The Hall–Kier alpha value is -2.62. The van der Waals surface area contributed by atoms with Gasteiger partial charge in [-0.1, -0.05) is 38.3 Å². The number of benzene rings is 2. The summed E-state index contributed by atoms with van der Waals surface area (Å²) in [5.74, 6) is -2.75. The van der Waals surface area contributed by atoms with Crippen LogP contribution in [0.2, 0.25) is 0 Å². The van der Waals surface area contributed by atoms with Gasteiger partial charge in [0.15, 0.2) is 22.7 Å². The Bertz CT molecular complexity index is 1830. The number of phenolic OH excluding ortho intramolecular Hbond substituents is 4. The molecule has 54 heavy (non-hydrogen) atoms. The van der Waals surface area contributed by atoms with Crippen molar-refractivity contribution in [3.8, 4) is 23.0 Å². The molecule has 0 amide bonds. The third-order valence-electron chi connectivity index (χ3n) is 11.7. The fourth-order valence-electron chi connectivity index (χ4n) is 8.54. The normalized spacial score (nSPS) is 21.8. The summed E-state index contributed by atoms with van der Waals surface area (Å²) in [7, 11) is 13.9. The van der Waals surface area contributed by atoms with Crippen LogP contribution in [0.1, 0.15) is 25.7 Å². The number of fused-ring (bicyclic) bond motifs is 2. The maximum Gasteiger partial charge on any atom is 3.00 e. The topological polar surface area (TPSA) is 154 Å². The van der Waals surface area contributed by atoms with E-state index in [1.165, 1.54) is 113 Å². The number of likely N-dealkylation sites (N-methyl/N-ethyl adjacent to an activating group) is 6. The van der Waals surface area contributed by atoms with Crippen molar-refractivity contribution in [2.75, 3.05) is 121 Å². The van der Waals surface area contributed by atoms with Gasteiger partial charge in [0.2, 0.25) is 11.5 Å². The number of hydrogen-bond acceptors (Lipinski definition) is 12. The summed E-state index contributed by atoms with van der Waals surface area (Å²) in [4.78, 5) is 33.9. The first kappa shape index (κ1) is 44.1. The van der Waals surface area contributed by atoms with Crippen LogP contribution in [0, 0.1) is 12.1 Å². The second-order valence-corrected chi connectivity index (χ2v) is 16.0. The van der Waals surface area contributed by atoms with Crippen molar-refractivity contribution in [3.63, 3.8) is 0 Å². The molecule has 16 heteroatoms. The molecule has 0 radical (unpaired) electrons. The fourth-order valence-corrected chi connectivity index (χ4v) is 8.54. The first-order valence-electron chi connectivity index (χ1n) is 18.4. The molecular formula is C38H56Mn2N6O8+6. The van der Waals surface area contributed by atoms with Crippen LogP contribution in [0.25, 0.3) is 32.7 Å². The zero-order valence-electron chi connectivity index (χ0n) is 32.3. The summed E-state index contributed by atoms with van der Waals surface area (Å²) in [5.41, 5.74) is -2.70. The molecule has 14 nitrogen and oxygen atoms in total. The molecule has 6 heterocycles. The predicted molar refractivity (Wildman–Crippen MR) is 201 cm³/mol. The number of phenols is 4. The van der Waals surface area contributed by atoms with Crippen LogP contribution < -0.4 is 11.3 Å². The molecule has 0 spiro atoms. The van der Waals surface area contributed by atoms with Crippen molar-refractivity contribution >= 4 is 32.7 Å². The van der Waals surface area contributed by atoms with Crippen molar-refractivity contribution in [2.45, 2.75) is 25.7 Å². The maximum absolute atomic E-state index is 12.0. The van der Waals surface area contributed by atoms with Gasteiger partial charge in [-0.15, -0.1) is 0 Å². The number of hydrogen-bond donors (Lipinski definition) is 4. The molecule has 4 aliphatic heterocycles. The summed E-state index contributed by atoms with van der Waals surface area (Å²) in [5, 5.41) is 38.7. The summed E-state index contributed by atoms with van der Waals surface area (Å²) < 4.78 is 12.3. The van der Waals surface area contributed by atoms with Gasteiger partial charge in [0.25, 0.3) is 0 Å². The molecule has 2 aromatic carbocycles. The van der Waals surface area contributed by atoms with Gasteiger partial charge < -0.3 is 57.8 Å². The molecule has 4 fully saturated rings. The van der Waals surface area contributed by atoms with Crippen molar-refractivity contribution in [1.29, 1.82) is 0 Å². The fraction of sp³-hybridized carbons (Fsp3) is 0.579. The van der Waals surface area contributed by atoms with E-state index in [0.717, 1.165) is 12.1 Å². The van der Waals surface area contributed by atoms with Crippen molar-refractivity contribution < 1.29 is 72.4 Å². The van der Waals surface area contributed by atoms with Crippen molar-refractivity contribution in [2.24, 2.45) is 0 Å². The minimum Gasteiger partial charge on any atom is -0.504 e. The van der Waals surface area contributed by atoms with E-state index < -0.39 is 45.4 Å². The number of quaternary nitrogens is 2. The largest absolute Gasteiger partial charge is 3.00 e. The van der Waals surface area contributed by atoms with E-state index in [-0.39, 0.29) is 55.7 Å². The van der Waals surface area contributed by atoms with Crippen LogP contribution in [0.3, 0.4) is 0 Å². The van der Waals surface area contributed by atoms with Crippen LogP contribution in [0.15, 0.2) is 30.6 Å². The Labute approximate surface area is 337 Å². The molecule has 4 aromatic rings. The molecule has 0 unspecified atom stereocenters. The van der Waals surface area contributed by atoms with E-state index in [1.807, 2.05) is 0 Å². The molecule has 294 valence electrons. The summed E-state index contributed by atoms with van der Waals surface area (Å²) in [6.07, 6.45) is 5.39. The van der Waals surface area contributed by atoms with E-state index in [4.69, 9.17) is 8.83 Å². The summed E-state index contributed by atoms with van der Waals surface area (Å²) >= 11 is 0. The van der Waals surface area contributed by atoms with Gasteiger partial charge in [0, 0.05) is 76.7 Å². The van der Waals surface area contributed by atoms with Crippen LogP contribution in [-0.4, -0.2) is 170 Å². The molecule has 8 rings (SSSR count). The Morgan fingerprint density at radius 3 is 1.11 bits per heavy atom. The third-order valence-corrected chi connectivity index (χ3v) is 11.7. The average Bonchev–Trinajstić information content (AvgIpc) is 3.44. The third kappa shape index (κ3) is 8.99. The van der Waals surface area contributed by atoms with E-state index >= 15 is 0 Å². The standard InChI is InChI=1S/C14H6O8.2C12H25N3.2Mn/c15-5-1-3-7-8-4(14(20)22-11(7)9(5)17)2-6(16)10(18)12(8)21-13(3)19;2*1-13-6-4-8-15(3)9-5-7-14(2)11-12(15)10-13;;/h1-2,15-18H;2*4-11H2,1-3H3;;/q;;;2*+3. The van der Waals surface area contributed by atoms with E-state index in [1.54, 1.807) is 12.1 Å². The second kappa shape index (κ2) is 17.7. The van der Waals surface area contributed by atoms with Gasteiger partial charge in [-0.3, -0.25) is 0 Å². The molecule has 0 bridgehead atoms. The second-order valence-electron chi connectivity index (χ2n) is 16.0. The SMILES string of the molecule is CN1CCC[N+]2(C)CCCN(C)C[C-]2C1.CN1CCC[N+]2(C)CCCN(C)C[C-]2C1.O=c1oc2c(O)c(O)cc3c(=O)oc4c(O)c(O)cc1c4c23.[Mn+3].[Mn+3]. The first-order valence-corrected chi connectivity index (χ1v) is 18.4. The van der Waals surface area contributed by atoms with Crippen LogP contribution in [-0.2, 0) is 34.1 Å². The molecule has 0 aliphatic carbocycles. The van der Waals surface area contributed by atoms with Gasteiger partial charge in [-0.2, -0.15) is 0 Å². The molecule has 0 atom stereocenters. The van der Waals surface area contributed by atoms with Crippen LogP contribution >= 0.6 is 0 Å². The number of nitrogens with zero attached hydrogens (tertiary/aromatic N) is 6. The van der Waals surface area contributed by atoms with E-state index in [9.17, 15) is 30.0 Å². The van der Waals surface area contributed by atoms with Gasteiger partial charge in [-0.05, 0) is 40.3 Å². The monoisotopic (exact) mass is 834 g/mol. The number of aromatic hydroxyl groups is 4. The Morgan fingerprint density at radius 2 is 0.833 bits per heavy atom. The number of rotatable bonds is 0. The Kier molecular flexibility index (Phi) is 14.4. The first-order chi connectivity index (χ1) is 24.6. The predicted octanol–water partition coefficient (Wildman–Crippen LogP) is 2.58. The zero-order chi connectivity index (χ0) is 37.5. The minimum absolute atomic E-state index is 0. The molecule has 2 aromatic heterocycles. The maximum atomic E-state index is 12.0. The van der Waals surface area contributed by atoms with E-state index in [0.29, 0.717) is 0 Å². The Balaban J connectivity index is 0.000000183.